The van der Waals surface area contributed by atoms with Gasteiger partial charge in [-0.3, -0.25) is 0 Å². The van der Waals surface area contributed by atoms with E-state index in [1.165, 1.54) is 69.8 Å². The highest BCUT2D eigenvalue weighted by atomic mass is 35.5. The predicted molar refractivity (Wildman–Crippen MR) is 116 cm³/mol. The van der Waals surface area contributed by atoms with Crippen molar-refractivity contribution in [3.05, 3.63) is 34.9 Å². The van der Waals surface area contributed by atoms with E-state index in [0.29, 0.717) is 11.8 Å². The molecule has 0 amide bonds. The van der Waals surface area contributed by atoms with Gasteiger partial charge in [0.1, 0.15) is 0 Å². The van der Waals surface area contributed by atoms with E-state index in [-0.39, 0.29) is 6.29 Å². The van der Waals surface area contributed by atoms with Gasteiger partial charge in [-0.25, -0.2) is 0 Å². The Kier molecular flexibility index (Phi) is 7.36. The summed E-state index contributed by atoms with van der Waals surface area (Å²) < 4.78 is 12.2. The number of benzene rings is 1. The van der Waals surface area contributed by atoms with Gasteiger partial charge >= 0.3 is 0 Å². The molecule has 1 aromatic carbocycles. The standard InChI is InChI=1S/C25H37ClO2/c1-2-3-18-16-27-25(28-17-18)23-10-8-21(9-11-23)19-4-6-20(7-5-19)22-12-14-24(26)15-13-22/h12-15,18-21,23,25H,2-11,16-17H2,1H3. The molecule has 3 aliphatic rings. The average Bonchev–Trinajstić information content (AvgIpc) is 2.75. The lowest BCUT2D eigenvalue weighted by Crippen LogP contribution is -2.39. The zero-order valence-corrected chi connectivity index (χ0v) is 18.2. The Bertz CT molecular complexity index is 577. The maximum atomic E-state index is 6.10. The minimum Gasteiger partial charge on any atom is -0.352 e. The van der Waals surface area contributed by atoms with Crippen LogP contribution in [0.5, 0.6) is 0 Å². The van der Waals surface area contributed by atoms with Gasteiger partial charge in [-0.2, -0.15) is 0 Å². The second kappa shape index (κ2) is 9.96. The van der Waals surface area contributed by atoms with Gasteiger partial charge in [0.15, 0.2) is 6.29 Å². The summed E-state index contributed by atoms with van der Waals surface area (Å²) in [5.41, 5.74) is 1.49. The Morgan fingerprint density at radius 3 is 1.89 bits per heavy atom. The molecule has 0 spiro atoms. The minimum absolute atomic E-state index is 0.0784. The Hall–Kier alpha value is -0.570. The molecule has 0 radical (unpaired) electrons. The highest BCUT2D eigenvalue weighted by Gasteiger charge is 2.35. The second-order valence-corrected chi connectivity index (χ2v) is 9.96. The van der Waals surface area contributed by atoms with E-state index in [1.54, 1.807) is 0 Å². The molecule has 156 valence electrons. The Morgan fingerprint density at radius 2 is 1.32 bits per heavy atom. The molecule has 2 aliphatic carbocycles. The summed E-state index contributed by atoms with van der Waals surface area (Å²) in [5, 5.41) is 0.848. The normalized spacial score (nSPS) is 36.9. The van der Waals surface area contributed by atoms with Gasteiger partial charge in [-0.1, -0.05) is 37.1 Å². The fraction of sp³-hybridized carbons (Fsp3) is 0.760. The lowest BCUT2D eigenvalue weighted by Gasteiger charge is -2.41. The van der Waals surface area contributed by atoms with E-state index in [9.17, 15) is 0 Å². The average molecular weight is 405 g/mol. The van der Waals surface area contributed by atoms with Crippen LogP contribution in [0.4, 0.5) is 0 Å². The molecule has 4 rings (SSSR count). The SMILES string of the molecule is CCCC1COC(C2CCC(C3CCC(c4ccc(Cl)cc4)CC3)CC2)OC1. The number of rotatable bonds is 5. The van der Waals surface area contributed by atoms with E-state index in [0.717, 1.165) is 36.0 Å². The molecule has 1 aromatic rings. The van der Waals surface area contributed by atoms with E-state index in [2.05, 4.69) is 19.1 Å². The van der Waals surface area contributed by atoms with Gasteiger partial charge in [-0.15, -0.1) is 0 Å². The number of halogens is 1. The van der Waals surface area contributed by atoms with Gasteiger partial charge in [0.05, 0.1) is 13.2 Å². The molecule has 1 heterocycles. The summed E-state index contributed by atoms with van der Waals surface area (Å²) in [6, 6.07) is 8.55. The third kappa shape index (κ3) is 5.12. The van der Waals surface area contributed by atoms with Crippen LogP contribution in [0.15, 0.2) is 24.3 Å². The number of hydrogen-bond acceptors (Lipinski definition) is 2. The summed E-state index contributed by atoms with van der Waals surface area (Å²) in [4.78, 5) is 0. The summed E-state index contributed by atoms with van der Waals surface area (Å²) in [6.07, 6.45) is 13.4. The molecule has 3 fully saturated rings. The molecular formula is C25H37ClO2. The van der Waals surface area contributed by atoms with Crippen LogP contribution in [0.2, 0.25) is 5.02 Å². The fourth-order valence-electron chi connectivity index (χ4n) is 5.95. The first-order valence-corrected chi connectivity index (χ1v) is 12.1. The zero-order chi connectivity index (χ0) is 19.3. The Balaban J connectivity index is 1.19. The van der Waals surface area contributed by atoms with E-state index in [1.807, 2.05) is 12.1 Å². The van der Waals surface area contributed by atoms with Crippen molar-refractivity contribution in [1.82, 2.24) is 0 Å². The molecule has 0 unspecified atom stereocenters. The minimum atomic E-state index is 0.0784. The van der Waals surface area contributed by atoms with Crippen molar-refractivity contribution in [1.29, 1.82) is 0 Å². The summed E-state index contributed by atoms with van der Waals surface area (Å²) >= 11 is 6.05. The topological polar surface area (TPSA) is 18.5 Å². The highest BCUT2D eigenvalue weighted by Crippen LogP contribution is 2.45. The van der Waals surface area contributed by atoms with Crippen molar-refractivity contribution in [3.63, 3.8) is 0 Å². The van der Waals surface area contributed by atoms with Crippen LogP contribution >= 0.6 is 11.6 Å². The van der Waals surface area contributed by atoms with Crippen LogP contribution in [-0.4, -0.2) is 19.5 Å². The lowest BCUT2D eigenvalue weighted by molar-refractivity contribution is -0.230. The number of ether oxygens (including phenoxy) is 2. The number of hydrogen-bond donors (Lipinski definition) is 0. The van der Waals surface area contributed by atoms with E-state index >= 15 is 0 Å². The molecule has 28 heavy (non-hydrogen) atoms. The molecule has 0 atom stereocenters. The first-order valence-electron chi connectivity index (χ1n) is 11.7. The highest BCUT2D eigenvalue weighted by molar-refractivity contribution is 6.30. The molecule has 0 bridgehead atoms. The van der Waals surface area contributed by atoms with Crippen LogP contribution in [0.1, 0.15) is 82.6 Å². The van der Waals surface area contributed by atoms with Gasteiger partial charge < -0.3 is 9.47 Å². The van der Waals surface area contributed by atoms with Crippen molar-refractivity contribution < 1.29 is 9.47 Å². The summed E-state index contributed by atoms with van der Waals surface area (Å²) in [6.45, 7) is 4.07. The second-order valence-electron chi connectivity index (χ2n) is 9.53. The van der Waals surface area contributed by atoms with Crippen LogP contribution < -0.4 is 0 Å². The van der Waals surface area contributed by atoms with E-state index < -0.39 is 0 Å². The van der Waals surface area contributed by atoms with Crippen molar-refractivity contribution in [2.45, 2.75) is 83.3 Å². The molecule has 0 aromatic heterocycles. The van der Waals surface area contributed by atoms with Crippen molar-refractivity contribution in [2.24, 2.45) is 23.7 Å². The van der Waals surface area contributed by atoms with Crippen molar-refractivity contribution in [2.75, 3.05) is 13.2 Å². The molecule has 2 nitrogen and oxygen atoms in total. The first-order chi connectivity index (χ1) is 13.7. The Morgan fingerprint density at radius 1 is 0.786 bits per heavy atom. The molecule has 3 heteroatoms. The van der Waals surface area contributed by atoms with Crippen LogP contribution in [-0.2, 0) is 9.47 Å². The largest absolute Gasteiger partial charge is 0.352 e. The Labute approximate surface area is 176 Å². The van der Waals surface area contributed by atoms with Crippen molar-refractivity contribution in [3.8, 4) is 0 Å². The third-order valence-electron chi connectivity index (χ3n) is 7.67. The molecule has 1 aliphatic heterocycles. The summed E-state index contributed by atoms with van der Waals surface area (Å²) in [7, 11) is 0. The smallest absolute Gasteiger partial charge is 0.160 e. The molecule has 1 saturated heterocycles. The maximum Gasteiger partial charge on any atom is 0.160 e. The predicted octanol–water partition coefficient (Wildman–Crippen LogP) is 7.21. The first kappa shape index (κ1) is 20.7. The summed E-state index contributed by atoms with van der Waals surface area (Å²) in [5.74, 6) is 3.85. The molecule has 2 saturated carbocycles. The van der Waals surface area contributed by atoms with Gasteiger partial charge in [0.25, 0.3) is 0 Å². The maximum absolute atomic E-state index is 6.10. The quantitative estimate of drug-likeness (QED) is 0.516. The van der Waals surface area contributed by atoms with Crippen LogP contribution in [0.25, 0.3) is 0 Å². The van der Waals surface area contributed by atoms with Gasteiger partial charge in [-0.05, 0) is 93.2 Å². The van der Waals surface area contributed by atoms with Crippen LogP contribution in [0, 0.1) is 23.7 Å². The molecular weight excluding hydrogens is 368 g/mol. The van der Waals surface area contributed by atoms with E-state index in [4.69, 9.17) is 21.1 Å². The van der Waals surface area contributed by atoms with Crippen molar-refractivity contribution >= 4 is 11.6 Å². The monoisotopic (exact) mass is 404 g/mol. The molecule has 0 N–H and O–H groups in total. The third-order valence-corrected chi connectivity index (χ3v) is 7.92. The van der Waals surface area contributed by atoms with Gasteiger partial charge in [0.2, 0.25) is 0 Å². The lowest BCUT2D eigenvalue weighted by atomic mass is 9.68. The zero-order valence-electron chi connectivity index (χ0n) is 17.5. The fourth-order valence-corrected chi connectivity index (χ4v) is 6.08. The van der Waals surface area contributed by atoms with Crippen LogP contribution in [0.3, 0.4) is 0 Å². The van der Waals surface area contributed by atoms with Gasteiger partial charge in [0, 0.05) is 16.9 Å².